The van der Waals surface area contributed by atoms with Gasteiger partial charge in [-0.3, -0.25) is 19.8 Å². The zero-order valence-electron chi connectivity index (χ0n) is 18.1. The van der Waals surface area contributed by atoms with Crippen molar-refractivity contribution in [3.05, 3.63) is 68.6 Å². The van der Waals surface area contributed by atoms with Gasteiger partial charge in [0.05, 0.1) is 15.9 Å². The van der Waals surface area contributed by atoms with Crippen LogP contribution in [0, 0.1) is 17.0 Å². The van der Waals surface area contributed by atoms with E-state index in [2.05, 4.69) is 0 Å². The molecule has 0 radical (unpaired) electrons. The van der Waals surface area contributed by atoms with E-state index in [4.69, 9.17) is 4.98 Å². The molecule has 32 heavy (non-hydrogen) atoms. The van der Waals surface area contributed by atoms with Gasteiger partial charge in [0.15, 0.2) is 5.13 Å². The van der Waals surface area contributed by atoms with Crippen molar-refractivity contribution in [3.8, 4) is 17.0 Å². The molecule has 2 atom stereocenters. The molecule has 9 heteroatoms. The SMILES string of the molecule is Cc1cc(O)c(C(C)C)cc1-c1csc(N2C(=O)C(C)SC2c2cccc([N+](=O)[O-])c2)n1. The predicted octanol–water partition coefficient (Wildman–Crippen LogP) is 6.02. The number of benzene rings is 2. The standard InChI is InChI=1S/C23H23N3O4S2/c1-12(2)17-10-18(13(3)8-20(17)27)19-11-31-23(24-19)25-21(28)14(4)32-22(25)15-6-5-7-16(9-15)26(29)30/h5-12,14,22,27H,1-4H3. The number of non-ortho nitro benzene ring substituents is 1. The molecule has 0 aliphatic carbocycles. The van der Waals surface area contributed by atoms with Crippen LogP contribution in [0.4, 0.5) is 10.8 Å². The van der Waals surface area contributed by atoms with Gasteiger partial charge in [-0.15, -0.1) is 23.1 Å². The Morgan fingerprint density at radius 3 is 2.69 bits per heavy atom. The van der Waals surface area contributed by atoms with Crippen molar-refractivity contribution in [3.63, 3.8) is 0 Å². The summed E-state index contributed by atoms with van der Waals surface area (Å²) in [7, 11) is 0. The number of nitrogens with zero attached hydrogens (tertiary/aromatic N) is 3. The third-order valence-electron chi connectivity index (χ3n) is 5.49. The van der Waals surface area contributed by atoms with Gasteiger partial charge < -0.3 is 5.11 Å². The molecule has 3 aromatic rings. The van der Waals surface area contributed by atoms with E-state index in [9.17, 15) is 20.0 Å². The fourth-order valence-electron chi connectivity index (χ4n) is 3.78. The number of phenols is 1. The average Bonchev–Trinajstić information content (AvgIpc) is 3.32. The Labute approximate surface area is 194 Å². The molecule has 1 aliphatic rings. The van der Waals surface area contributed by atoms with Crippen LogP contribution in [-0.2, 0) is 4.79 Å². The zero-order chi connectivity index (χ0) is 23.2. The highest BCUT2D eigenvalue weighted by Crippen LogP contribution is 2.47. The minimum absolute atomic E-state index is 0.00388. The van der Waals surface area contributed by atoms with Gasteiger partial charge in [-0.2, -0.15) is 0 Å². The summed E-state index contributed by atoms with van der Waals surface area (Å²) in [6, 6.07) is 10.1. The second-order valence-electron chi connectivity index (χ2n) is 8.09. The van der Waals surface area contributed by atoms with Crippen molar-refractivity contribution >= 4 is 39.8 Å². The number of carbonyl (C=O) groups is 1. The summed E-state index contributed by atoms with van der Waals surface area (Å²) < 4.78 is 0. The van der Waals surface area contributed by atoms with Crippen molar-refractivity contribution in [2.45, 2.75) is 44.2 Å². The van der Waals surface area contributed by atoms with Gasteiger partial charge in [0.25, 0.3) is 5.69 Å². The molecule has 1 aromatic heterocycles. The number of aryl methyl sites for hydroxylation is 1. The zero-order valence-corrected chi connectivity index (χ0v) is 19.7. The number of nitro benzene ring substituents is 1. The number of amides is 1. The first-order chi connectivity index (χ1) is 15.2. The Morgan fingerprint density at radius 2 is 2.00 bits per heavy atom. The highest BCUT2D eigenvalue weighted by Gasteiger charge is 2.41. The van der Waals surface area contributed by atoms with Crippen molar-refractivity contribution in [1.29, 1.82) is 0 Å². The van der Waals surface area contributed by atoms with Crippen LogP contribution in [-0.4, -0.2) is 26.2 Å². The molecular weight excluding hydrogens is 446 g/mol. The quantitative estimate of drug-likeness (QED) is 0.362. The summed E-state index contributed by atoms with van der Waals surface area (Å²) in [5.74, 6) is 0.350. The van der Waals surface area contributed by atoms with E-state index >= 15 is 0 Å². The summed E-state index contributed by atoms with van der Waals surface area (Å²) in [4.78, 5) is 30.2. The first-order valence-corrected chi connectivity index (χ1v) is 12.0. The Morgan fingerprint density at radius 1 is 1.25 bits per heavy atom. The number of thioether (sulfide) groups is 1. The smallest absolute Gasteiger partial charge is 0.269 e. The van der Waals surface area contributed by atoms with E-state index in [1.165, 1.54) is 35.2 Å². The van der Waals surface area contributed by atoms with Crippen molar-refractivity contribution in [2.75, 3.05) is 4.90 Å². The van der Waals surface area contributed by atoms with E-state index in [0.717, 1.165) is 22.4 Å². The molecule has 2 heterocycles. The Kier molecular flexibility index (Phi) is 5.96. The van der Waals surface area contributed by atoms with Crippen LogP contribution in [0.5, 0.6) is 5.75 Å². The van der Waals surface area contributed by atoms with Crippen LogP contribution in [0.15, 0.2) is 41.8 Å². The number of thiazole rings is 1. The van der Waals surface area contributed by atoms with E-state index in [0.29, 0.717) is 10.7 Å². The summed E-state index contributed by atoms with van der Waals surface area (Å²) in [6.45, 7) is 7.80. The molecule has 4 rings (SSSR count). The number of anilines is 1. The number of aromatic nitrogens is 1. The van der Waals surface area contributed by atoms with Crippen molar-refractivity contribution in [2.24, 2.45) is 0 Å². The molecule has 0 bridgehead atoms. The summed E-state index contributed by atoms with van der Waals surface area (Å²) in [5, 5.41) is 23.3. The highest BCUT2D eigenvalue weighted by molar-refractivity contribution is 8.01. The topological polar surface area (TPSA) is 96.6 Å². The number of nitro groups is 1. The molecule has 1 amide bonds. The third kappa shape index (κ3) is 3.98. The van der Waals surface area contributed by atoms with Gasteiger partial charge in [0, 0.05) is 23.1 Å². The number of hydrogen-bond donors (Lipinski definition) is 1. The highest BCUT2D eigenvalue weighted by atomic mass is 32.2. The number of hydrogen-bond acceptors (Lipinski definition) is 7. The van der Waals surface area contributed by atoms with Gasteiger partial charge in [-0.25, -0.2) is 4.98 Å². The lowest BCUT2D eigenvalue weighted by Gasteiger charge is -2.21. The van der Waals surface area contributed by atoms with Gasteiger partial charge in [-0.1, -0.05) is 26.0 Å². The van der Waals surface area contributed by atoms with Crippen LogP contribution in [0.3, 0.4) is 0 Å². The fraction of sp³-hybridized carbons (Fsp3) is 0.304. The predicted molar refractivity (Wildman–Crippen MR) is 128 cm³/mol. The van der Waals surface area contributed by atoms with Crippen molar-refractivity contribution < 1.29 is 14.8 Å². The van der Waals surface area contributed by atoms with E-state index in [1.807, 2.05) is 39.1 Å². The van der Waals surface area contributed by atoms with E-state index in [1.54, 1.807) is 23.1 Å². The molecule has 1 N–H and O–H groups in total. The van der Waals surface area contributed by atoms with Crippen LogP contribution < -0.4 is 4.90 Å². The molecule has 1 saturated heterocycles. The maximum atomic E-state index is 13.0. The minimum Gasteiger partial charge on any atom is -0.508 e. The van der Waals surface area contributed by atoms with Crippen molar-refractivity contribution in [1.82, 2.24) is 4.98 Å². The normalized spacial score (nSPS) is 18.5. The fourth-order valence-corrected chi connectivity index (χ4v) is 5.95. The molecule has 166 valence electrons. The lowest BCUT2D eigenvalue weighted by atomic mass is 9.95. The Bertz CT molecular complexity index is 1210. The largest absolute Gasteiger partial charge is 0.508 e. The third-order valence-corrected chi connectivity index (χ3v) is 7.68. The van der Waals surface area contributed by atoms with Gasteiger partial charge in [-0.05, 0) is 48.6 Å². The molecule has 0 spiro atoms. The van der Waals surface area contributed by atoms with Gasteiger partial charge in [0.1, 0.15) is 11.1 Å². The van der Waals surface area contributed by atoms with Crippen LogP contribution >= 0.6 is 23.1 Å². The monoisotopic (exact) mass is 469 g/mol. The molecule has 2 unspecified atom stereocenters. The van der Waals surface area contributed by atoms with Crippen LogP contribution in [0.25, 0.3) is 11.3 Å². The molecular formula is C23H23N3O4S2. The van der Waals surface area contributed by atoms with Crippen LogP contribution in [0.2, 0.25) is 0 Å². The maximum Gasteiger partial charge on any atom is 0.269 e. The number of aromatic hydroxyl groups is 1. The van der Waals surface area contributed by atoms with Gasteiger partial charge >= 0.3 is 0 Å². The summed E-state index contributed by atoms with van der Waals surface area (Å²) in [6.07, 6.45) is 0. The molecule has 2 aromatic carbocycles. The first kappa shape index (κ1) is 22.3. The second-order valence-corrected chi connectivity index (χ2v) is 10.3. The number of rotatable bonds is 5. The second kappa shape index (κ2) is 8.55. The number of phenolic OH excluding ortho intramolecular Hbond substituents is 1. The maximum absolute atomic E-state index is 13.0. The molecule has 1 aliphatic heterocycles. The number of carbonyl (C=O) groups excluding carboxylic acids is 1. The molecule has 7 nitrogen and oxygen atoms in total. The van der Waals surface area contributed by atoms with Crippen LogP contribution in [0.1, 0.15) is 48.8 Å². The molecule has 0 saturated carbocycles. The first-order valence-electron chi connectivity index (χ1n) is 10.2. The van der Waals surface area contributed by atoms with Gasteiger partial charge in [0.2, 0.25) is 5.91 Å². The Hall–Kier alpha value is -2.91. The Balaban J connectivity index is 1.74. The lowest BCUT2D eigenvalue weighted by molar-refractivity contribution is -0.384. The molecule has 1 fully saturated rings. The summed E-state index contributed by atoms with van der Waals surface area (Å²) >= 11 is 2.82. The van der Waals surface area contributed by atoms with E-state index < -0.39 is 4.92 Å². The average molecular weight is 470 g/mol. The minimum atomic E-state index is -0.430. The van der Waals surface area contributed by atoms with E-state index in [-0.39, 0.29) is 33.9 Å². The lowest BCUT2D eigenvalue weighted by Crippen LogP contribution is -2.30. The summed E-state index contributed by atoms with van der Waals surface area (Å²) in [5.41, 5.74) is 4.08.